The zero-order chi connectivity index (χ0) is 20.9. The molecule has 1 unspecified atom stereocenters. The Morgan fingerprint density at radius 3 is 2.43 bits per heavy atom. The number of hydrogen-bond donors (Lipinski definition) is 3. The fourth-order valence-corrected chi connectivity index (χ4v) is 2.37. The molecule has 2 atom stereocenters. The summed E-state index contributed by atoms with van der Waals surface area (Å²) < 4.78 is 4.83. The molecule has 150 valence electrons. The first-order valence-corrected chi connectivity index (χ1v) is 8.66. The lowest BCUT2D eigenvalue weighted by Gasteiger charge is -2.19. The summed E-state index contributed by atoms with van der Waals surface area (Å²) in [6.45, 7) is 3.95. The third-order valence-corrected chi connectivity index (χ3v) is 4.29. The molecule has 0 radical (unpaired) electrons. The van der Waals surface area contributed by atoms with Crippen LogP contribution in [0.25, 0.3) is 0 Å². The number of hydrogen-bond acceptors (Lipinski definition) is 6. The zero-order valence-electron chi connectivity index (χ0n) is 15.8. The van der Waals surface area contributed by atoms with E-state index in [4.69, 9.17) is 4.74 Å². The van der Waals surface area contributed by atoms with E-state index in [9.17, 15) is 24.0 Å². The average Bonchev–Trinajstić information content (AvgIpc) is 2.90. The summed E-state index contributed by atoms with van der Waals surface area (Å²) in [6.07, 6.45) is 0.345. The largest absolute Gasteiger partial charge is 0.454 e. The lowest BCUT2D eigenvalue weighted by Crippen LogP contribution is -2.50. The van der Waals surface area contributed by atoms with E-state index in [2.05, 4.69) is 16.1 Å². The number of hydrazine groups is 1. The Morgan fingerprint density at radius 1 is 1.21 bits per heavy atom. The number of esters is 1. The summed E-state index contributed by atoms with van der Waals surface area (Å²) in [5.41, 5.74) is 1.37. The van der Waals surface area contributed by atoms with Gasteiger partial charge in [0.25, 0.3) is 17.7 Å². The van der Waals surface area contributed by atoms with Crippen molar-refractivity contribution in [3.05, 3.63) is 35.9 Å². The zero-order valence-corrected chi connectivity index (χ0v) is 15.8. The molecule has 2 rings (SSSR count). The second kappa shape index (κ2) is 8.51. The molecule has 0 aliphatic carbocycles. The third kappa shape index (κ3) is 4.64. The van der Waals surface area contributed by atoms with Crippen LogP contribution in [0.15, 0.2) is 30.3 Å². The number of nitrogens with zero attached hydrogens (tertiary/aromatic N) is 1. The Bertz CT molecular complexity index is 797. The van der Waals surface area contributed by atoms with Gasteiger partial charge in [-0.15, -0.1) is 0 Å². The summed E-state index contributed by atoms with van der Waals surface area (Å²) in [5, 5.41) is 5.48. The molecule has 5 amide bonds. The maximum absolute atomic E-state index is 12.2. The van der Waals surface area contributed by atoms with Gasteiger partial charge in [0.1, 0.15) is 11.6 Å². The van der Waals surface area contributed by atoms with Crippen LogP contribution in [-0.4, -0.2) is 52.9 Å². The SMILES string of the molecule is CCC1(C)NC(=O)N(NC(=O)COC(=O)[C@H](C)NC(=O)c2ccccc2)C1=O. The van der Waals surface area contributed by atoms with E-state index in [0.29, 0.717) is 17.0 Å². The fraction of sp³-hybridized carbons (Fsp3) is 0.389. The van der Waals surface area contributed by atoms with Crippen molar-refractivity contribution in [3.63, 3.8) is 0 Å². The molecule has 1 fully saturated rings. The molecule has 1 heterocycles. The molecule has 1 aromatic rings. The minimum absolute atomic E-state index is 0.345. The van der Waals surface area contributed by atoms with Gasteiger partial charge in [0, 0.05) is 5.56 Å². The number of benzene rings is 1. The second-order valence-corrected chi connectivity index (χ2v) is 6.46. The van der Waals surface area contributed by atoms with Crippen LogP contribution >= 0.6 is 0 Å². The Hall–Kier alpha value is -3.43. The van der Waals surface area contributed by atoms with Gasteiger partial charge in [-0.2, -0.15) is 5.01 Å². The van der Waals surface area contributed by atoms with Gasteiger partial charge in [0.05, 0.1) is 0 Å². The van der Waals surface area contributed by atoms with Crippen molar-refractivity contribution in [2.45, 2.75) is 38.8 Å². The smallest absolute Gasteiger partial charge is 0.344 e. The van der Waals surface area contributed by atoms with Crippen molar-refractivity contribution in [2.75, 3.05) is 6.61 Å². The topological polar surface area (TPSA) is 134 Å². The minimum atomic E-state index is -1.10. The predicted octanol–water partition coefficient (Wildman–Crippen LogP) is 0.0998. The first kappa shape index (κ1) is 20.9. The number of rotatable bonds is 7. The molecule has 0 saturated carbocycles. The second-order valence-electron chi connectivity index (χ2n) is 6.46. The highest BCUT2D eigenvalue weighted by molar-refractivity contribution is 6.07. The standard InChI is InChI=1S/C18H22N4O6/c1-4-18(3)16(26)22(17(27)20-18)21-13(23)10-28-15(25)11(2)19-14(24)12-8-6-5-7-9-12/h5-9,11H,4,10H2,1-3H3,(H,19,24)(H,20,27)(H,21,23)/t11-,18?/m0/s1. The quantitative estimate of drug-likeness (QED) is 0.447. The molecule has 1 saturated heterocycles. The van der Waals surface area contributed by atoms with Gasteiger partial charge in [0.2, 0.25) is 0 Å². The number of carbonyl (C=O) groups excluding carboxylic acids is 5. The van der Waals surface area contributed by atoms with E-state index in [0.717, 1.165) is 0 Å². The summed E-state index contributed by atoms with van der Waals surface area (Å²) >= 11 is 0. The van der Waals surface area contributed by atoms with E-state index in [1.807, 2.05) is 0 Å². The fourth-order valence-electron chi connectivity index (χ4n) is 2.37. The van der Waals surface area contributed by atoms with Crippen LogP contribution in [0.3, 0.4) is 0 Å². The van der Waals surface area contributed by atoms with Gasteiger partial charge < -0.3 is 15.4 Å². The van der Waals surface area contributed by atoms with Crippen molar-refractivity contribution >= 4 is 29.7 Å². The first-order chi connectivity index (χ1) is 13.2. The van der Waals surface area contributed by atoms with Crippen LogP contribution in [0.2, 0.25) is 0 Å². The molecule has 10 heteroatoms. The summed E-state index contributed by atoms with van der Waals surface area (Å²) in [4.78, 5) is 59.9. The van der Waals surface area contributed by atoms with Crippen molar-refractivity contribution in [1.82, 2.24) is 21.1 Å². The van der Waals surface area contributed by atoms with Crippen LogP contribution < -0.4 is 16.1 Å². The van der Waals surface area contributed by atoms with Gasteiger partial charge in [-0.3, -0.25) is 19.8 Å². The number of imide groups is 1. The van der Waals surface area contributed by atoms with E-state index in [1.54, 1.807) is 37.3 Å². The molecule has 3 N–H and O–H groups in total. The molecule has 0 aromatic heterocycles. The minimum Gasteiger partial charge on any atom is -0.454 e. The lowest BCUT2D eigenvalue weighted by molar-refractivity contribution is -0.151. The Morgan fingerprint density at radius 2 is 1.86 bits per heavy atom. The van der Waals surface area contributed by atoms with Crippen molar-refractivity contribution in [1.29, 1.82) is 0 Å². The van der Waals surface area contributed by atoms with Gasteiger partial charge in [0.15, 0.2) is 6.61 Å². The molecule has 1 aromatic carbocycles. The maximum atomic E-state index is 12.2. The molecular formula is C18H22N4O6. The maximum Gasteiger partial charge on any atom is 0.344 e. The van der Waals surface area contributed by atoms with Gasteiger partial charge >= 0.3 is 12.0 Å². The normalized spacial score (nSPS) is 19.6. The van der Waals surface area contributed by atoms with Gasteiger partial charge in [-0.1, -0.05) is 25.1 Å². The van der Waals surface area contributed by atoms with Crippen LogP contribution in [-0.2, 0) is 19.1 Å². The third-order valence-electron chi connectivity index (χ3n) is 4.29. The van der Waals surface area contributed by atoms with Crippen LogP contribution in [0.5, 0.6) is 0 Å². The molecular weight excluding hydrogens is 368 g/mol. The van der Waals surface area contributed by atoms with E-state index in [1.165, 1.54) is 13.8 Å². The summed E-state index contributed by atoms with van der Waals surface area (Å²) in [7, 11) is 0. The van der Waals surface area contributed by atoms with E-state index >= 15 is 0 Å². The van der Waals surface area contributed by atoms with Crippen LogP contribution in [0.4, 0.5) is 4.79 Å². The predicted molar refractivity (Wildman–Crippen MR) is 96.5 cm³/mol. The molecule has 0 spiro atoms. The molecule has 10 nitrogen and oxygen atoms in total. The molecule has 1 aliphatic rings. The molecule has 1 aliphatic heterocycles. The average molecular weight is 390 g/mol. The number of carbonyl (C=O) groups is 5. The first-order valence-electron chi connectivity index (χ1n) is 8.66. The Balaban J connectivity index is 1.82. The highest BCUT2D eigenvalue weighted by atomic mass is 16.5. The number of amides is 5. The number of ether oxygens (including phenoxy) is 1. The van der Waals surface area contributed by atoms with Crippen LogP contribution in [0, 0.1) is 0 Å². The number of nitrogens with one attached hydrogen (secondary N) is 3. The lowest BCUT2D eigenvalue weighted by atomic mass is 10.00. The monoisotopic (exact) mass is 390 g/mol. The highest BCUT2D eigenvalue weighted by Gasteiger charge is 2.47. The summed E-state index contributed by atoms with van der Waals surface area (Å²) in [6, 6.07) is 6.52. The Kier molecular flexibility index (Phi) is 6.34. The highest BCUT2D eigenvalue weighted by Crippen LogP contribution is 2.19. The van der Waals surface area contributed by atoms with Crippen molar-refractivity contribution < 1.29 is 28.7 Å². The van der Waals surface area contributed by atoms with Gasteiger partial charge in [-0.25, -0.2) is 9.59 Å². The Labute approximate surface area is 161 Å². The van der Waals surface area contributed by atoms with Crippen molar-refractivity contribution in [2.24, 2.45) is 0 Å². The summed E-state index contributed by atoms with van der Waals surface area (Å²) in [5.74, 6) is -2.77. The number of urea groups is 1. The van der Waals surface area contributed by atoms with Crippen LogP contribution in [0.1, 0.15) is 37.6 Å². The van der Waals surface area contributed by atoms with E-state index < -0.39 is 47.9 Å². The molecule has 28 heavy (non-hydrogen) atoms. The van der Waals surface area contributed by atoms with Gasteiger partial charge in [-0.05, 0) is 32.4 Å². The van der Waals surface area contributed by atoms with E-state index in [-0.39, 0.29) is 0 Å². The van der Waals surface area contributed by atoms with Crippen molar-refractivity contribution in [3.8, 4) is 0 Å². The molecule has 0 bridgehead atoms.